The SMILES string of the molecule is Cc1ccc(F)c(OC2CCN(c3ncc(CC(CN)C(=O)N(Cc4cccc(Cl)c4Cl)C4CC4)s3)C2)c1Cl. The quantitative estimate of drug-likeness (QED) is 0.283. The van der Waals surface area contributed by atoms with Gasteiger partial charge in [-0.2, -0.15) is 0 Å². The van der Waals surface area contributed by atoms with E-state index >= 15 is 0 Å². The highest BCUT2D eigenvalue weighted by Crippen LogP contribution is 2.36. The molecular formula is C28H30Cl3FN4O2S. The Morgan fingerprint density at radius 2 is 2.03 bits per heavy atom. The lowest BCUT2D eigenvalue weighted by Crippen LogP contribution is -2.41. The van der Waals surface area contributed by atoms with Crippen molar-refractivity contribution in [3.63, 3.8) is 0 Å². The fraction of sp³-hybridized carbons (Fsp3) is 0.429. The number of nitrogens with zero attached hydrogens (tertiary/aromatic N) is 3. The normalized spacial score (nSPS) is 17.9. The number of aromatic nitrogens is 1. The van der Waals surface area contributed by atoms with Crippen LogP contribution < -0.4 is 15.4 Å². The molecule has 2 fully saturated rings. The molecule has 5 rings (SSSR count). The Bertz CT molecular complexity index is 1350. The van der Waals surface area contributed by atoms with E-state index in [1.807, 2.05) is 30.2 Å². The third-order valence-electron chi connectivity index (χ3n) is 7.21. The molecule has 2 heterocycles. The van der Waals surface area contributed by atoms with Crippen molar-refractivity contribution in [3.05, 3.63) is 73.4 Å². The van der Waals surface area contributed by atoms with Gasteiger partial charge in [0.15, 0.2) is 16.7 Å². The van der Waals surface area contributed by atoms with Gasteiger partial charge in [0.1, 0.15) is 6.10 Å². The van der Waals surface area contributed by atoms with Crippen LogP contribution >= 0.6 is 46.1 Å². The van der Waals surface area contributed by atoms with Gasteiger partial charge >= 0.3 is 0 Å². The van der Waals surface area contributed by atoms with Crippen LogP contribution in [0.3, 0.4) is 0 Å². The molecule has 1 saturated heterocycles. The molecule has 1 amide bonds. The molecule has 39 heavy (non-hydrogen) atoms. The van der Waals surface area contributed by atoms with Gasteiger partial charge in [0.2, 0.25) is 5.91 Å². The highest BCUT2D eigenvalue weighted by Gasteiger charge is 2.36. The minimum atomic E-state index is -0.462. The van der Waals surface area contributed by atoms with Gasteiger partial charge in [-0.25, -0.2) is 9.37 Å². The van der Waals surface area contributed by atoms with E-state index in [4.69, 9.17) is 45.3 Å². The topological polar surface area (TPSA) is 71.7 Å². The lowest BCUT2D eigenvalue weighted by molar-refractivity contribution is -0.136. The Morgan fingerprint density at radius 1 is 1.23 bits per heavy atom. The van der Waals surface area contributed by atoms with Crippen LogP contribution in [0, 0.1) is 18.7 Å². The molecule has 0 bridgehead atoms. The van der Waals surface area contributed by atoms with Crippen LogP contribution in [0.15, 0.2) is 36.5 Å². The zero-order valence-corrected chi connectivity index (χ0v) is 24.6. The van der Waals surface area contributed by atoms with Crippen LogP contribution in [0.5, 0.6) is 5.75 Å². The highest BCUT2D eigenvalue weighted by atomic mass is 35.5. The number of aryl methyl sites for hydroxylation is 1. The smallest absolute Gasteiger partial charge is 0.227 e. The van der Waals surface area contributed by atoms with Crippen LogP contribution in [0.2, 0.25) is 15.1 Å². The molecule has 1 aromatic heterocycles. The molecule has 1 saturated carbocycles. The Hall–Kier alpha value is -2.10. The average Bonchev–Trinajstić information content (AvgIpc) is 3.47. The summed E-state index contributed by atoms with van der Waals surface area (Å²) in [5.74, 6) is -0.696. The molecule has 2 unspecified atom stereocenters. The second-order valence-corrected chi connectivity index (χ2v) is 12.4. The molecule has 2 aromatic carbocycles. The van der Waals surface area contributed by atoms with Crippen molar-refractivity contribution in [2.45, 2.75) is 51.3 Å². The summed E-state index contributed by atoms with van der Waals surface area (Å²) in [6.45, 7) is 3.78. The van der Waals surface area contributed by atoms with Crippen molar-refractivity contribution < 1.29 is 13.9 Å². The van der Waals surface area contributed by atoms with E-state index in [-0.39, 0.29) is 36.3 Å². The number of hydrogen-bond acceptors (Lipinski definition) is 6. The Balaban J connectivity index is 1.22. The van der Waals surface area contributed by atoms with Crippen LogP contribution in [0.25, 0.3) is 0 Å². The number of halogens is 4. The van der Waals surface area contributed by atoms with E-state index in [9.17, 15) is 9.18 Å². The monoisotopic (exact) mass is 610 g/mol. The van der Waals surface area contributed by atoms with Gasteiger partial charge in [0, 0.05) is 43.2 Å². The summed E-state index contributed by atoms with van der Waals surface area (Å²) in [6.07, 6.45) is 4.80. The lowest BCUT2D eigenvalue weighted by Gasteiger charge is -2.27. The second kappa shape index (κ2) is 12.2. The van der Waals surface area contributed by atoms with E-state index in [1.54, 1.807) is 23.5 Å². The molecule has 1 aliphatic carbocycles. The van der Waals surface area contributed by atoms with Gasteiger partial charge in [-0.05, 0) is 49.4 Å². The maximum Gasteiger partial charge on any atom is 0.227 e. The van der Waals surface area contributed by atoms with E-state index in [0.717, 1.165) is 46.9 Å². The van der Waals surface area contributed by atoms with Gasteiger partial charge in [-0.3, -0.25) is 4.79 Å². The molecule has 11 heteroatoms. The highest BCUT2D eigenvalue weighted by molar-refractivity contribution is 7.15. The third-order valence-corrected chi connectivity index (χ3v) is 9.62. The number of rotatable bonds is 10. The van der Waals surface area contributed by atoms with E-state index in [0.29, 0.717) is 34.6 Å². The van der Waals surface area contributed by atoms with Crippen molar-refractivity contribution in [1.82, 2.24) is 9.88 Å². The van der Waals surface area contributed by atoms with Crippen molar-refractivity contribution in [2.75, 3.05) is 24.5 Å². The number of anilines is 1. The Labute approximate surface area is 246 Å². The van der Waals surface area contributed by atoms with Gasteiger partial charge in [-0.1, -0.05) is 53.0 Å². The summed E-state index contributed by atoms with van der Waals surface area (Å²) in [5, 5.41) is 2.11. The Kier molecular flexibility index (Phi) is 8.88. The molecule has 6 nitrogen and oxygen atoms in total. The first kappa shape index (κ1) is 28.4. The van der Waals surface area contributed by atoms with Gasteiger partial charge in [0.25, 0.3) is 0 Å². The minimum Gasteiger partial charge on any atom is -0.484 e. The third kappa shape index (κ3) is 6.46. The number of nitrogens with two attached hydrogens (primary N) is 1. The number of thiazole rings is 1. The molecule has 0 radical (unpaired) electrons. The number of benzene rings is 2. The standard InChI is InChI=1S/C28H30Cl3FN4O2S/c1-16-5-8-23(32)26(24(16)30)38-20-9-10-35(15-20)28-34-13-21(39-28)11-18(12-33)27(37)36(19-6-7-19)14-17-3-2-4-22(29)25(17)31/h2-5,8,13,18-20H,6-7,9-12,14-15,33H2,1H3. The molecule has 1 aliphatic heterocycles. The summed E-state index contributed by atoms with van der Waals surface area (Å²) in [5.41, 5.74) is 7.71. The zero-order chi connectivity index (χ0) is 27.7. The first-order valence-corrected chi connectivity index (χ1v) is 14.9. The first-order valence-electron chi connectivity index (χ1n) is 13.0. The van der Waals surface area contributed by atoms with Gasteiger partial charge in [-0.15, -0.1) is 11.3 Å². The fourth-order valence-electron chi connectivity index (χ4n) is 4.82. The number of carbonyl (C=O) groups is 1. The molecule has 2 aliphatic rings. The maximum atomic E-state index is 14.3. The first-order chi connectivity index (χ1) is 18.7. The van der Waals surface area contributed by atoms with Crippen LogP contribution in [-0.2, 0) is 17.8 Å². The van der Waals surface area contributed by atoms with Crippen molar-refractivity contribution >= 4 is 57.2 Å². The van der Waals surface area contributed by atoms with Crippen LogP contribution in [-0.4, -0.2) is 47.6 Å². The van der Waals surface area contributed by atoms with E-state index in [2.05, 4.69) is 9.88 Å². The maximum absolute atomic E-state index is 14.3. The molecule has 2 N–H and O–H groups in total. The molecule has 208 valence electrons. The predicted molar refractivity (Wildman–Crippen MR) is 156 cm³/mol. The van der Waals surface area contributed by atoms with E-state index < -0.39 is 5.82 Å². The number of hydrogen-bond donors (Lipinski definition) is 1. The Morgan fingerprint density at radius 3 is 2.77 bits per heavy atom. The summed E-state index contributed by atoms with van der Waals surface area (Å²) < 4.78 is 20.3. The van der Waals surface area contributed by atoms with Crippen LogP contribution in [0.1, 0.15) is 35.3 Å². The molecular weight excluding hydrogens is 582 g/mol. The summed E-state index contributed by atoms with van der Waals surface area (Å²) in [6, 6.07) is 8.70. The van der Waals surface area contributed by atoms with Crippen molar-refractivity contribution in [2.24, 2.45) is 11.7 Å². The number of amides is 1. The van der Waals surface area contributed by atoms with Crippen molar-refractivity contribution in [1.29, 1.82) is 0 Å². The molecule has 3 aromatic rings. The molecule has 2 atom stereocenters. The van der Waals surface area contributed by atoms with Crippen LogP contribution in [0.4, 0.5) is 9.52 Å². The summed E-state index contributed by atoms with van der Waals surface area (Å²) in [7, 11) is 0. The van der Waals surface area contributed by atoms with E-state index in [1.165, 1.54) is 6.07 Å². The largest absolute Gasteiger partial charge is 0.484 e. The van der Waals surface area contributed by atoms with Gasteiger partial charge < -0.3 is 20.3 Å². The number of ether oxygens (including phenoxy) is 1. The number of carbonyl (C=O) groups excluding carboxylic acids is 1. The zero-order valence-electron chi connectivity index (χ0n) is 21.5. The summed E-state index contributed by atoms with van der Waals surface area (Å²) >= 11 is 20.4. The average molecular weight is 612 g/mol. The fourth-order valence-corrected chi connectivity index (χ4v) is 6.42. The van der Waals surface area contributed by atoms with Gasteiger partial charge in [0.05, 0.1) is 27.5 Å². The lowest BCUT2D eigenvalue weighted by atomic mass is 10.0. The predicted octanol–water partition coefficient (Wildman–Crippen LogP) is 6.52. The van der Waals surface area contributed by atoms with Crippen molar-refractivity contribution in [3.8, 4) is 5.75 Å². The summed E-state index contributed by atoms with van der Waals surface area (Å²) in [4.78, 5) is 23.2. The molecule has 0 spiro atoms. The second-order valence-electron chi connectivity index (χ2n) is 10.1. The minimum absolute atomic E-state index is 0.0256.